The van der Waals surface area contributed by atoms with Crippen LogP contribution in [-0.2, 0) is 11.2 Å². The molecule has 158 valence electrons. The predicted octanol–water partition coefficient (Wildman–Crippen LogP) is 3.95. The summed E-state index contributed by atoms with van der Waals surface area (Å²) in [5.74, 6) is 0.920. The highest BCUT2D eigenvalue weighted by atomic mass is 16.5. The summed E-state index contributed by atoms with van der Waals surface area (Å²) in [7, 11) is 1.65. The molecule has 3 rings (SSSR count). The van der Waals surface area contributed by atoms with E-state index in [4.69, 9.17) is 4.74 Å². The van der Waals surface area contributed by atoms with E-state index in [1.165, 1.54) is 0 Å². The van der Waals surface area contributed by atoms with Crippen molar-refractivity contribution in [1.29, 1.82) is 5.26 Å². The summed E-state index contributed by atoms with van der Waals surface area (Å²) in [6.07, 6.45) is 5.05. The van der Waals surface area contributed by atoms with E-state index in [1.807, 2.05) is 42.2 Å². The number of methoxy groups -OCH3 is 1. The Bertz CT molecular complexity index is 1000. The van der Waals surface area contributed by atoms with Crippen LogP contribution in [0, 0.1) is 25.2 Å². The SMILES string of the molecule is COc1ccc([C@H]2CCCCCN2C(=O)CCc2c(C)[nH]c(=O)c(C#N)c2C)cc1. The first kappa shape index (κ1) is 21.6. The van der Waals surface area contributed by atoms with Gasteiger partial charge >= 0.3 is 0 Å². The smallest absolute Gasteiger partial charge is 0.266 e. The largest absolute Gasteiger partial charge is 0.497 e. The molecule has 1 aliphatic rings. The Morgan fingerprint density at radius 2 is 1.97 bits per heavy atom. The number of nitrogens with one attached hydrogen (secondary N) is 1. The fraction of sp³-hybridized carbons (Fsp3) is 0.458. The lowest BCUT2D eigenvalue weighted by molar-refractivity contribution is -0.133. The van der Waals surface area contributed by atoms with Crippen LogP contribution in [0.5, 0.6) is 5.75 Å². The molecule has 6 heteroatoms. The standard InChI is InChI=1S/C24H29N3O3/c1-16-20(17(2)26-24(29)21(16)15-25)12-13-23(28)27-14-6-4-5-7-22(27)18-8-10-19(30-3)11-9-18/h8-11,22H,4-7,12-14H2,1-3H3,(H,26,29)/t22-/m1/s1. The second-order valence-electron chi connectivity index (χ2n) is 7.89. The first-order valence-electron chi connectivity index (χ1n) is 10.5. The lowest BCUT2D eigenvalue weighted by Crippen LogP contribution is -2.35. The van der Waals surface area contributed by atoms with Crippen LogP contribution in [-0.4, -0.2) is 29.4 Å². The third kappa shape index (κ3) is 4.56. The molecule has 2 aromatic rings. The van der Waals surface area contributed by atoms with Crippen molar-refractivity contribution in [2.75, 3.05) is 13.7 Å². The molecular weight excluding hydrogens is 378 g/mol. The van der Waals surface area contributed by atoms with Crippen LogP contribution in [0.2, 0.25) is 0 Å². The minimum absolute atomic E-state index is 0.0679. The Hall–Kier alpha value is -3.07. The monoisotopic (exact) mass is 407 g/mol. The molecule has 0 spiro atoms. The van der Waals surface area contributed by atoms with Crippen molar-refractivity contribution in [3.8, 4) is 11.8 Å². The van der Waals surface area contributed by atoms with E-state index in [-0.39, 0.29) is 23.1 Å². The maximum atomic E-state index is 13.2. The minimum Gasteiger partial charge on any atom is -0.497 e. The molecule has 6 nitrogen and oxygen atoms in total. The van der Waals surface area contributed by atoms with Crippen LogP contribution in [0.4, 0.5) is 0 Å². The van der Waals surface area contributed by atoms with Gasteiger partial charge in [-0.2, -0.15) is 5.26 Å². The highest BCUT2D eigenvalue weighted by molar-refractivity contribution is 5.77. The van der Waals surface area contributed by atoms with Gasteiger partial charge < -0.3 is 14.6 Å². The Labute approximate surface area is 177 Å². The number of rotatable bonds is 5. The van der Waals surface area contributed by atoms with Crippen LogP contribution in [0.1, 0.15) is 66.1 Å². The number of H-pyrrole nitrogens is 1. The maximum Gasteiger partial charge on any atom is 0.266 e. The number of pyridine rings is 1. The van der Waals surface area contributed by atoms with Crippen molar-refractivity contribution < 1.29 is 9.53 Å². The third-order valence-corrected chi connectivity index (χ3v) is 6.08. The number of hydrogen-bond donors (Lipinski definition) is 1. The summed E-state index contributed by atoms with van der Waals surface area (Å²) >= 11 is 0. The van der Waals surface area contributed by atoms with Crippen molar-refractivity contribution in [3.63, 3.8) is 0 Å². The van der Waals surface area contributed by atoms with Gasteiger partial charge in [-0.1, -0.05) is 25.0 Å². The highest BCUT2D eigenvalue weighted by Crippen LogP contribution is 2.32. The summed E-state index contributed by atoms with van der Waals surface area (Å²) in [6, 6.07) is 10.0. The third-order valence-electron chi connectivity index (χ3n) is 6.08. The quantitative estimate of drug-likeness (QED) is 0.813. The number of ether oxygens (including phenoxy) is 1. The van der Waals surface area contributed by atoms with Gasteiger partial charge in [0.1, 0.15) is 17.4 Å². The molecular formula is C24H29N3O3. The zero-order chi connectivity index (χ0) is 21.7. The van der Waals surface area contributed by atoms with Gasteiger partial charge in [-0.15, -0.1) is 0 Å². The molecule has 30 heavy (non-hydrogen) atoms. The number of nitriles is 1. The normalized spacial score (nSPS) is 16.6. The van der Waals surface area contributed by atoms with E-state index < -0.39 is 0 Å². The zero-order valence-corrected chi connectivity index (χ0v) is 18.0. The van der Waals surface area contributed by atoms with Crippen molar-refractivity contribution >= 4 is 5.91 Å². The number of amides is 1. The van der Waals surface area contributed by atoms with E-state index in [0.29, 0.717) is 18.4 Å². The summed E-state index contributed by atoms with van der Waals surface area (Å²) in [4.78, 5) is 29.9. The molecule has 1 aliphatic heterocycles. The number of benzene rings is 1. The van der Waals surface area contributed by atoms with Gasteiger partial charge in [-0.05, 0) is 61.9 Å². The molecule has 0 radical (unpaired) electrons. The van der Waals surface area contributed by atoms with Crippen LogP contribution in [0.3, 0.4) is 0 Å². The summed E-state index contributed by atoms with van der Waals surface area (Å²) < 4.78 is 5.26. The number of hydrogen-bond acceptors (Lipinski definition) is 4. The first-order valence-corrected chi connectivity index (χ1v) is 10.5. The van der Waals surface area contributed by atoms with Gasteiger partial charge in [0.2, 0.25) is 5.91 Å². The number of aromatic nitrogens is 1. The number of carbonyl (C=O) groups is 1. The van der Waals surface area contributed by atoms with E-state index in [2.05, 4.69) is 4.98 Å². The van der Waals surface area contributed by atoms with Gasteiger partial charge in [0, 0.05) is 18.7 Å². The number of aromatic amines is 1. The predicted molar refractivity (Wildman–Crippen MR) is 115 cm³/mol. The van der Waals surface area contributed by atoms with Crippen molar-refractivity contribution in [1.82, 2.24) is 9.88 Å². The second kappa shape index (κ2) is 9.62. The molecule has 1 saturated heterocycles. The van der Waals surface area contributed by atoms with Crippen LogP contribution >= 0.6 is 0 Å². The molecule has 1 N–H and O–H groups in total. The molecule has 2 heterocycles. The highest BCUT2D eigenvalue weighted by Gasteiger charge is 2.27. The fourth-order valence-electron chi connectivity index (χ4n) is 4.38. The first-order chi connectivity index (χ1) is 14.5. The summed E-state index contributed by atoms with van der Waals surface area (Å²) in [5, 5.41) is 9.27. The number of carbonyl (C=O) groups excluding carboxylic acids is 1. The molecule has 1 aromatic heterocycles. The molecule has 1 fully saturated rings. The van der Waals surface area contributed by atoms with E-state index in [9.17, 15) is 14.9 Å². The summed E-state index contributed by atoms with van der Waals surface area (Å²) in [6.45, 7) is 4.36. The average molecular weight is 408 g/mol. The van der Waals surface area contributed by atoms with Gasteiger partial charge in [-0.25, -0.2) is 0 Å². The molecule has 0 unspecified atom stereocenters. The Balaban J connectivity index is 1.80. The molecule has 1 amide bonds. The summed E-state index contributed by atoms with van der Waals surface area (Å²) in [5.41, 5.74) is 3.19. The Morgan fingerprint density at radius 1 is 1.23 bits per heavy atom. The van der Waals surface area contributed by atoms with Crippen molar-refractivity contribution in [2.45, 2.75) is 58.4 Å². The van der Waals surface area contributed by atoms with E-state index in [0.717, 1.165) is 54.8 Å². The molecule has 1 atom stereocenters. The zero-order valence-electron chi connectivity index (χ0n) is 18.0. The number of likely N-dealkylation sites (tertiary alicyclic amines) is 1. The maximum absolute atomic E-state index is 13.2. The molecule has 0 aliphatic carbocycles. The van der Waals surface area contributed by atoms with Crippen molar-refractivity contribution in [3.05, 3.63) is 62.6 Å². The Kier molecular flexibility index (Phi) is 6.94. The molecule has 0 bridgehead atoms. The topological polar surface area (TPSA) is 86.2 Å². The lowest BCUT2D eigenvalue weighted by Gasteiger charge is -2.31. The van der Waals surface area contributed by atoms with Crippen LogP contribution in [0.15, 0.2) is 29.1 Å². The lowest BCUT2D eigenvalue weighted by atomic mass is 9.97. The van der Waals surface area contributed by atoms with E-state index >= 15 is 0 Å². The van der Waals surface area contributed by atoms with Gasteiger partial charge in [0.25, 0.3) is 5.56 Å². The average Bonchev–Trinajstić information content (AvgIpc) is 2.99. The van der Waals surface area contributed by atoms with Gasteiger partial charge in [-0.3, -0.25) is 9.59 Å². The van der Waals surface area contributed by atoms with Crippen molar-refractivity contribution in [2.24, 2.45) is 0 Å². The second-order valence-corrected chi connectivity index (χ2v) is 7.89. The molecule has 1 aromatic carbocycles. The number of aryl methyl sites for hydroxylation is 1. The Morgan fingerprint density at radius 3 is 2.63 bits per heavy atom. The van der Waals surface area contributed by atoms with Crippen LogP contribution in [0.25, 0.3) is 0 Å². The van der Waals surface area contributed by atoms with Gasteiger partial charge in [0.15, 0.2) is 0 Å². The van der Waals surface area contributed by atoms with E-state index in [1.54, 1.807) is 14.0 Å². The molecule has 0 saturated carbocycles. The minimum atomic E-state index is -0.366. The fourth-order valence-corrected chi connectivity index (χ4v) is 4.38. The number of nitrogens with zero attached hydrogens (tertiary/aromatic N) is 2. The van der Waals surface area contributed by atoms with Crippen LogP contribution < -0.4 is 10.3 Å². The van der Waals surface area contributed by atoms with Gasteiger partial charge in [0.05, 0.1) is 13.2 Å².